The summed E-state index contributed by atoms with van der Waals surface area (Å²) in [5, 5.41) is 9.98. The fourth-order valence-corrected chi connectivity index (χ4v) is 4.12. The van der Waals surface area contributed by atoms with Crippen molar-refractivity contribution in [3.05, 3.63) is 35.6 Å². The van der Waals surface area contributed by atoms with Gasteiger partial charge in [-0.25, -0.2) is 12.8 Å². The maximum absolute atomic E-state index is 12.8. The zero-order valence-corrected chi connectivity index (χ0v) is 14.2. The van der Waals surface area contributed by atoms with E-state index in [4.69, 9.17) is 0 Å². The average Bonchev–Trinajstić information content (AvgIpc) is 2.89. The summed E-state index contributed by atoms with van der Waals surface area (Å²) in [5.41, 5.74) is 0.451. The smallest absolute Gasteiger partial charge is 0.234 e. The fourth-order valence-electron chi connectivity index (χ4n) is 1.79. The summed E-state index contributed by atoms with van der Waals surface area (Å²) in [5.74, 6) is -0.789. The molecule has 1 aromatic heterocycles. The van der Waals surface area contributed by atoms with Crippen molar-refractivity contribution in [3.63, 3.8) is 0 Å². The minimum absolute atomic E-state index is 0.147. The van der Waals surface area contributed by atoms with Crippen LogP contribution in [0, 0.1) is 11.7 Å². The first-order chi connectivity index (χ1) is 10.8. The van der Waals surface area contributed by atoms with Crippen LogP contribution in [0.4, 0.5) is 9.52 Å². The SMILES string of the molecule is CC(C)CC(=O)Nc1nnc(S(=O)(=O)Cc2ccc(F)cc2)s1. The van der Waals surface area contributed by atoms with Crippen LogP contribution >= 0.6 is 11.3 Å². The van der Waals surface area contributed by atoms with Crippen LogP contribution in [0.25, 0.3) is 0 Å². The molecule has 6 nitrogen and oxygen atoms in total. The molecule has 124 valence electrons. The molecule has 2 rings (SSSR count). The number of carbonyl (C=O) groups is 1. The second-order valence-electron chi connectivity index (χ2n) is 5.40. The lowest BCUT2D eigenvalue weighted by Crippen LogP contribution is -2.13. The number of nitrogens with zero attached hydrogens (tertiary/aromatic N) is 2. The molecule has 9 heteroatoms. The van der Waals surface area contributed by atoms with Crippen LogP contribution in [0.3, 0.4) is 0 Å². The Kier molecular flexibility index (Phi) is 5.42. The summed E-state index contributed by atoms with van der Waals surface area (Å²) < 4.78 is 37.2. The highest BCUT2D eigenvalue weighted by atomic mass is 32.2. The van der Waals surface area contributed by atoms with Gasteiger partial charge in [-0.3, -0.25) is 4.79 Å². The number of sulfone groups is 1. The van der Waals surface area contributed by atoms with E-state index in [9.17, 15) is 17.6 Å². The standard InChI is InChI=1S/C14H16FN3O3S2/c1-9(2)7-12(19)16-13-17-18-14(22-13)23(20,21)8-10-3-5-11(15)6-4-10/h3-6,9H,7-8H2,1-2H3,(H,16,17,19). The van der Waals surface area contributed by atoms with Crippen molar-refractivity contribution in [3.8, 4) is 0 Å². The number of aromatic nitrogens is 2. The molecule has 0 spiro atoms. The van der Waals surface area contributed by atoms with E-state index in [1.165, 1.54) is 24.3 Å². The van der Waals surface area contributed by atoms with Crippen molar-refractivity contribution >= 4 is 32.2 Å². The predicted molar refractivity (Wildman–Crippen MR) is 85.3 cm³/mol. The van der Waals surface area contributed by atoms with Gasteiger partial charge in [0.1, 0.15) is 5.82 Å². The molecule has 0 aliphatic rings. The summed E-state index contributed by atoms with van der Waals surface area (Å²) in [6, 6.07) is 5.20. The van der Waals surface area contributed by atoms with Crippen LogP contribution in [-0.4, -0.2) is 24.5 Å². The van der Waals surface area contributed by atoms with Crippen molar-refractivity contribution in [1.29, 1.82) is 0 Å². The highest BCUT2D eigenvalue weighted by molar-refractivity contribution is 7.92. The summed E-state index contributed by atoms with van der Waals surface area (Å²) in [6.45, 7) is 3.80. The van der Waals surface area contributed by atoms with Crippen LogP contribution < -0.4 is 5.32 Å². The molecule has 0 atom stereocenters. The van der Waals surface area contributed by atoms with Crippen LogP contribution in [0.15, 0.2) is 28.6 Å². The van der Waals surface area contributed by atoms with Gasteiger partial charge in [-0.2, -0.15) is 0 Å². The fraction of sp³-hybridized carbons (Fsp3) is 0.357. The highest BCUT2D eigenvalue weighted by Gasteiger charge is 2.21. The molecule has 0 saturated heterocycles. The zero-order chi connectivity index (χ0) is 17.0. The summed E-state index contributed by atoms with van der Waals surface area (Å²) in [7, 11) is -3.69. The van der Waals surface area contributed by atoms with Crippen molar-refractivity contribution in [1.82, 2.24) is 10.2 Å². The molecule has 0 fully saturated rings. The maximum Gasteiger partial charge on any atom is 0.234 e. The second-order valence-corrected chi connectivity index (χ2v) is 8.55. The lowest BCUT2D eigenvalue weighted by Gasteiger charge is -2.03. The number of halogens is 1. The molecular weight excluding hydrogens is 341 g/mol. The third-order valence-electron chi connectivity index (χ3n) is 2.78. The van der Waals surface area contributed by atoms with Gasteiger partial charge < -0.3 is 5.32 Å². The molecule has 0 aliphatic carbocycles. The molecule has 0 unspecified atom stereocenters. The van der Waals surface area contributed by atoms with E-state index < -0.39 is 15.7 Å². The first-order valence-electron chi connectivity index (χ1n) is 6.87. The van der Waals surface area contributed by atoms with E-state index in [1.54, 1.807) is 0 Å². The van der Waals surface area contributed by atoms with Gasteiger partial charge in [0.2, 0.25) is 25.2 Å². The Labute approximate surface area is 137 Å². The second kappa shape index (κ2) is 7.14. The lowest BCUT2D eigenvalue weighted by molar-refractivity contribution is -0.116. The summed E-state index contributed by atoms with van der Waals surface area (Å²) in [6.07, 6.45) is 0.317. The lowest BCUT2D eigenvalue weighted by atomic mass is 10.1. The van der Waals surface area contributed by atoms with Crippen LogP contribution in [0.5, 0.6) is 0 Å². The average molecular weight is 357 g/mol. The van der Waals surface area contributed by atoms with E-state index in [-0.39, 0.29) is 27.0 Å². The van der Waals surface area contributed by atoms with Gasteiger partial charge in [-0.15, -0.1) is 10.2 Å². The van der Waals surface area contributed by atoms with Gasteiger partial charge in [-0.1, -0.05) is 37.3 Å². The van der Waals surface area contributed by atoms with E-state index in [2.05, 4.69) is 15.5 Å². The van der Waals surface area contributed by atoms with E-state index >= 15 is 0 Å². The Hall–Kier alpha value is -1.87. The number of benzene rings is 1. The largest absolute Gasteiger partial charge is 0.300 e. The molecule has 0 radical (unpaired) electrons. The molecule has 1 aromatic carbocycles. The number of amides is 1. The molecule has 0 saturated carbocycles. The molecule has 2 aromatic rings. The topological polar surface area (TPSA) is 89.0 Å². The molecule has 23 heavy (non-hydrogen) atoms. The van der Waals surface area contributed by atoms with E-state index in [0.29, 0.717) is 12.0 Å². The number of rotatable bonds is 6. The molecule has 0 aliphatic heterocycles. The van der Waals surface area contributed by atoms with Gasteiger partial charge in [0.15, 0.2) is 0 Å². The quantitative estimate of drug-likeness (QED) is 0.803. The number of nitrogens with one attached hydrogen (secondary N) is 1. The van der Waals surface area contributed by atoms with Crippen molar-refractivity contribution in [2.75, 3.05) is 5.32 Å². The summed E-state index contributed by atoms with van der Waals surface area (Å²) in [4.78, 5) is 11.6. The maximum atomic E-state index is 12.8. The van der Waals surface area contributed by atoms with E-state index in [1.807, 2.05) is 13.8 Å². The van der Waals surface area contributed by atoms with Gasteiger partial charge in [0.25, 0.3) is 0 Å². The number of hydrogen-bond donors (Lipinski definition) is 1. The Balaban J connectivity index is 2.09. The third-order valence-corrected chi connectivity index (χ3v) is 5.75. The van der Waals surface area contributed by atoms with Crippen LogP contribution in [0.1, 0.15) is 25.8 Å². The molecule has 0 bridgehead atoms. The van der Waals surface area contributed by atoms with Crippen molar-refractivity contribution in [2.45, 2.75) is 30.4 Å². The Morgan fingerprint density at radius 1 is 1.26 bits per heavy atom. The first-order valence-corrected chi connectivity index (χ1v) is 9.33. The van der Waals surface area contributed by atoms with Crippen molar-refractivity contribution < 1.29 is 17.6 Å². The third kappa shape index (κ3) is 5.07. The predicted octanol–water partition coefficient (Wildman–Crippen LogP) is 2.64. The van der Waals surface area contributed by atoms with Gasteiger partial charge >= 0.3 is 0 Å². The Morgan fingerprint density at radius 3 is 2.52 bits per heavy atom. The molecule has 1 N–H and O–H groups in total. The molecule has 1 heterocycles. The van der Waals surface area contributed by atoms with Crippen LogP contribution in [-0.2, 0) is 20.4 Å². The van der Waals surface area contributed by atoms with Crippen LogP contribution in [0.2, 0.25) is 0 Å². The number of anilines is 1. The summed E-state index contributed by atoms with van der Waals surface area (Å²) >= 11 is 0.801. The first kappa shape index (κ1) is 17.5. The highest BCUT2D eigenvalue weighted by Crippen LogP contribution is 2.23. The van der Waals surface area contributed by atoms with Gasteiger partial charge in [0.05, 0.1) is 5.75 Å². The number of hydrogen-bond acceptors (Lipinski definition) is 6. The minimum atomic E-state index is -3.69. The molecular formula is C14H16FN3O3S2. The van der Waals surface area contributed by atoms with Crippen molar-refractivity contribution in [2.24, 2.45) is 5.92 Å². The minimum Gasteiger partial charge on any atom is -0.300 e. The normalized spacial score (nSPS) is 11.7. The Morgan fingerprint density at radius 2 is 1.91 bits per heavy atom. The zero-order valence-electron chi connectivity index (χ0n) is 12.6. The van der Waals surface area contributed by atoms with E-state index in [0.717, 1.165) is 11.3 Å². The number of carbonyl (C=O) groups excluding carboxylic acids is 1. The van der Waals surface area contributed by atoms with Gasteiger partial charge in [0, 0.05) is 6.42 Å². The van der Waals surface area contributed by atoms with Gasteiger partial charge in [-0.05, 0) is 23.6 Å². The molecule has 1 amide bonds. The monoisotopic (exact) mass is 357 g/mol. The Bertz CT molecular complexity index is 786.